The number of hydrogen-bond donors (Lipinski definition) is 1. The van der Waals surface area contributed by atoms with Gasteiger partial charge in [0.25, 0.3) is 0 Å². The number of aromatic nitrogens is 2. The summed E-state index contributed by atoms with van der Waals surface area (Å²) in [6.07, 6.45) is 5.97. The molecule has 2 N–H and O–H groups in total. The average molecular weight is 251 g/mol. The van der Waals surface area contributed by atoms with Crippen LogP contribution in [0.1, 0.15) is 51.4 Å². The minimum absolute atomic E-state index is 0.0808. The van der Waals surface area contributed by atoms with Gasteiger partial charge in [0.15, 0.2) is 0 Å². The highest BCUT2D eigenvalue weighted by molar-refractivity contribution is 5.06. The molecule has 0 amide bonds. The predicted molar refractivity (Wildman–Crippen MR) is 72.2 cm³/mol. The molecule has 0 saturated carbocycles. The molecule has 0 aromatic carbocycles. The van der Waals surface area contributed by atoms with Crippen LogP contribution in [0, 0.1) is 11.8 Å². The Morgan fingerprint density at radius 3 is 2.89 bits per heavy atom. The lowest BCUT2D eigenvalue weighted by Gasteiger charge is -2.24. The van der Waals surface area contributed by atoms with E-state index in [-0.39, 0.29) is 6.04 Å². The molecule has 1 aliphatic rings. The molecule has 1 aromatic heterocycles. The summed E-state index contributed by atoms with van der Waals surface area (Å²) in [6.45, 7) is 8.39. The first kappa shape index (κ1) is 13.6. The molecule has 2 rings (SSSR count). The third-order valence-corrected chi connectivity index (χ3v) is 3.89. The monoisotopic (exact) mass is 251 g/mol. The van der Waals surface area contributed by atoms with E-state index in [0.29, 0.717) is 17.9 Å². The Morgan fingerprint density at radius 1 is 1.50 bits per heavy atom. The zero-order chi connectivity index (χ0) is 13.1. The number of nitrogens with zero attached hydrogens (tertiary/aromatic N) is 2. The standard InChI is InChI=1S/C14H25N3O/c1-10(2)6-13(15)14-7-16-9-17(14)11(3)12-4-5-18-8-12/h7,9-13H,4-6,8,15H2,1-3H3. The fourth-order valence-electron chi connectivity index (χ4n) is 2.73. The summed E-state index contributed by atoms with van der Waals surface area (Å²) in [5.41, 5.74) is 7.44. The Balaban J connectivity index is 2.10. The van der Waals surface area contributed by atoms with Gasteiger partial charge in [0.2, 0.25) is 0 Å². The Hall–Kier alpha value is -0.870. The van der Waals surface area contributed by atoms with Crippen molar-refractivity contribution in [2.45, 2.75) is 45.7 Å². The molecular weight excluding hydrogens is 226 g/mol. The molecule has 1 aliphatic heterocycles. The van der Waals surface area contributed by atoms with Crippen molar-refractivity contribution < 1.29 is 4.74 Å². The molecule has 18 heavy (non-hydrogen) atoms. The molecule has 1 aromatic rings. The van der Waals surface area contributed by atoms with E-state index >= 15 is 0 Å². The molecule has 0 radical (unpaired) electrons. The Bertz CT molecular complexity index is 369. The van der Waals surface area contributed by atoms with Crippen molar-refractivity contribution in [3.8, 4) is 0 Å². The first-order valence-corrected chi connectivity index (χ1v) is 6.94. The van der Waals surface area contributed by atoms with Gasteiger partial charge < -0.3 is 15.0 Å². The van der Waals surface area contributed by atoms with Crippen LogP contribution in [0.3, 0.4) is 0 Å². The van der Waals surface area contributed by atoms with E-state index in [2.05, 4.69) is 30.3 Å². The number of hydrogen-bond acceptors (Lipinski definition) is 3. The van der Waals surface area contributed by atoms with Crippen molar-refractivity contribution in [3.05, 3.63) is 18.2 Å². The molecule has 0 bridgehead atoms. The normalized spacial score (nSPS) is 23.5. The maximum atomic E-state index is 6.29. The molecule has 3 unspecified atom stereocenters. The van der Waals surface area contributed by atoms with Crippen LogP contribution >= 0.6 is 0 Å². The SMILES string of the molecule is CC(C)CC(N)c1cncn1C(C)C1CCOC1. The molecule has 3 atom stereocenters. The number of nitrogens with two attached hydrogens (primary N) is 1. The van der Waals surface area contributed by atoms with Crippen molar-refractivity contribution >= 4 is 0 Å². The fourth-order valence-corrected chi connectivity index (χ4v) is 2.73. The van der Waals surface area contributed by atoms with Crippen molar-refractivity contribution in [1.29, 1.82) is 0 Å². The van der Waals surface area contributed by atoms with Crippen molar-refractivity contribution in [2.24, 2.45) is 17.6 Å². The average Bonchev–Trinajstić information content (AvgIpc) is 2.98. The van der Waals surface area contributed by atoms with Crippen LogP contribution in [-0.2, 0) is 4.74 Å². The predicted octanol–water partition coefficient (Wildman–Crippen LogP) is 2.53. The van der Waals surface area contributed by atoms with E-state index in [1.807, 2.05) is 12.5 Å². The third-order valence-electron chi connectivity index (χ3n) is 3.89. The van der Waals surface area contributed by atoms with E-state index in [9.17, 15) is 0 Å². The first-order chi connectivity index (χ1) is 8.59. The number of ether oxygens (including phenoxy) is 1. The van der Waals surface area contributed by atoms with Gasteiger partial charge in [0, 0.05) is 30.8 Å². The van der Waals surface area contributed by atoms with E-state index in [0.717, 1.165) is 31.7 Å². The van der Waals surface area contributed by atoms with E-state index in [4.69, 9.17) is 10.5 Å². The van der Waals surface area contributed by atoms with Gasteiger partial charge in [-0.15, -0.1) is 0 Å². The minimum Gasteiger partial charge on any atom is -0.381 e. The van der Waals surface area contributed by atoms with Gasteiger partial charge in [0.05, 0.1) is 18.6 Å². The van der Waals surface area contributed by atoms with Gasteiger partial charge in [-0.1, -0.05) is 13.8 Å². The van der Waals surface area contributed by atoms with Crippen LogP contribution in [0.25, 0.3) is 0 Å². The highest BCUT2D eigenvalue weighted by Gasteiger charge is 2.26. The molecule has 102 valence electrons. The quantitative estimate of drug-likeness (QED) is 0.875. The van der Waals surface area contributed by atoms with Gasteiger partial charge in [0.1, 0.15) is 0 Å². The second kappa shape index (κ2) is 5.85. The molecular formula is C14H25N3O. The van der Waals surface area contributed by atoms with Gasteiger partial charge in [-0.3, -0.25) is 0 Å². The van der Waals surface area contributed by atoms with Gasteiger partial charge in [-0.25, -0.2) is 4.98 Å². The van der Waals surface area contributed by atoms with Gasteiger partial charge in [-0.05, 0) is 25.7 Å². The smallest absolute Gasteiger partial charge is 0.0951 e. The van der Waals surface area contributed by atoms with Crippen molar-refractivity contribution in [3.63, 3.8) is 0 Å². The Morgan fingerprint density at radius 2 is 2.28 bits per heavy atom. The summed E-state index contributed by atoms with van der Waals surface area (Å²) < 4.78 is 7.72. The second-order valence-corrected chi connectivity index (χ2v) is 5.83. The molecule has 1 saturated heterocycles. The molecule has 4 heteroatoms. The van der Waals surface area contributed by atoms with Crippen LogP contribution in [0.2, 0.25) is 0 Å². The van der Waals surface area contributed by atoms with E-state index in [1.54, 1.807) is 0 Å². The third kappa shape index (κ3) is 2.93. The fraction of sp³-hybridized carbons (Fsp3) is 0.786. The van der Waals surface area contributed by atoms with Crippen LogP contribution in [0.4, 0.5) is 0 Å². The molecule has 0 aliphatic carbocycles. The molecule has 2 heterocycles. The van der Waals surface area contributed by atoms with Crippen LogP contribution in [0.15, 0.2) is 12.5 Å². The largest absolute Gasteiger partial charge is 0.381 e. The first-order valence-electron chi connectivity index (χ1n) is 6.94. The lowest BCUT2D eigenvalue weighted by molar-refractivity contribution is 0.174. The summed E-state index contributed by atoms with van der Waals surface area (Å²) in [5.74, 6) is 1.19. The maximum Gasteiger partial charge on any atom is 0.0951 e. The van der Waals surface area contributed by atoms with Crippen LogP contribution in [0.5, 0.6) is 0 Å². The summed E-state index contributed by atoms with van der Waals surface area (Å²) in [7, 11) is 0. The zero-order valence-electron chi connectivity index (χ0n) is 11.7. The topological polar surface area (TPSA) is 53.1 Å². The lowest BCUT2D eigenvalue weighted by atomic mass is 9.98. The molecule has 0 spiro atoms. The van der Waals surface area contributed by atoms with Gasteiger partial charge in [-0.2, -0.15) is 0 Å². The summed E-state index contributed by atoms with van der Waals surface area (Å²) in [6, 6.07) is 0.500. The summed E-state index contributed by atoms with van der Waals surface area (Å²) >= 11 is 0. The van der Waals surface area contributed by atoms with Crippen LogP contribution in [-0.4, -0.2) is 22.8 Å². The summed E-state index contributed by atoms with van der Waals surface area (Å²) in [4.78, 5) is 4.29. The van der Waals surface area contributed by atoms with Crippen molar-refractivity contribution in [1.82, 2.24) is 9.55 Å². The zero-order valence-corrected chi connectivity index (χ0v) is 11.7. The lowest BCUT2D eigenvalue weighted by Crippen LogP contribution is -2.23. The summed E-state index contributed by atoms with van der Waals surface area (Å²) in [5, 5.41) is 0. The molecule has 1 fully saturated rings. The highest BCUT2D eigenvalue weighted by atomic mass is 16.5. The van der Waals surface area contributed by atoms with E-state index in [1.165, 1.54) is 0 Å². The highest BCUT2D eigenvalue weighted by Crippen LogP contribution is 2.29. The number of imidazole rings is 1. The second-order valence-electron chi connectivity index (χ2n) is 5.83. The Labute approximate surface area is 110 Å². The number of rotatable bonds is 5. The van der Waals surface area contributed by atoms with Crippen molar-refractivity contribution in [2.75, 3.05) is 13.2 Å². The molecule has 4 nitrogen and oxygen atoms in total. The van der Waals surface area contributed by atoms with Crippen LogP contribution < -0.4 is 5.73 Å². The maximum absolute atomic E-state index is 6.29. The van der Waals surface area contributed by atoms with Gasteiger partial charge >= 0.3 is 0 Å². The minimum atomic E-state index is 0.0808. The van der Waals surface area contributed by atoms with E-state index < -0.39 is 0 Å². The Kier molecular flexibility index (Phi) is 4.40.